The Morgan fingerprint density at radius 3 is 1.97 bits per heavy atom. The van der Waals surface area contributed by atoms with E-state index >= 15 is 0 Å². The van der Waals surface area contributed by atoms with E-state index in [0.29, 0.717) is 13.0 Å². The molecular weight excluding hydrogens is 442 g/mol. The molecule has 0 fully saturated rings. The van der Waals surface area contributed by atoms with E-state index in [9.17, 15) is 4.79 Å². The number of aromatic nitrogens is 1. The second-order valence-electron chi connectivity index (χ2n) is 9.93. The maximum atomic E-state index is 12.4. The van der Waals surface area contributed by atoms with Gasteiger partial charge in [-0.15, -0.1) is 0 Å². The van der Waals surface area contributed by atoms with Gasteiger partial charge < -0.3 is 4.74 Å². The van der Waals surface area contributed by atoms with Gasteiger partial charge in [0.2, 0.25) is 0 Å². The Morgan fingerprint density at radius 2 is 1.22 bits per heavy atom. The number of hydrogen-bond donors (Lipinski definition) is 0. The summed E-state index contributed by atoms with van der Waals surface area (Å²) in [7, 11) is 0. The molecule has 1 heterocycles. The van der Waals surface area contributed by atoms with Crippen LogP contribution in [0, 0.1) is 0 Å². The molecule has 184 valence electrons. The Morgan fingerprint density at radius 1 is 0.611 bits per heavy atom. The van der Waals surface area contributed by atoms with Gasteiger partial charge in [-0.3, -0.25) is 4.79 Å². The predicted molar refractivity (Wildman–Crippen MR) is 148 cm³/mol. The van der Waals surface area contributed by atoms with Crippen molar-refractivity contribution in [3.63, 3.8) is 0 Å². The minimum atomic E-state index is -0.0842. The average Bonchev–Trinajstić information content (AvgIpc) is 2.92. The van der Waals surface area contributed by atoms with Gasteiger partial charge in [0.25, 0.3) is 0 Å². The van der Waals surface area contributed by atoms with Crippen LogP contribution in [0.5, 0.6) is 0 Å². The van der Waals surface area contributed by atoms with Crippen molar-refractivity contribution in [2.45, 2.75) is 70.9 Å². The van der Waals surface area contributed by atoms with Crippen LogP contribution in [0.15, 0.2) is 85.2 Å². The normalized spacial score (nSPS) is 11.6. The molecule has 36 heavy (non-hydrogen) atoms. The first kappa shape index (κ1) is 24.2. The highest BCUT2D eigenvalue weighted by molar-refractivity contribution is 6.23. The summed E-state index contributed by atoms with van der Waals surface area (Å²) in [5, 5.41) is 7.51. The Bertz CT molecular complexity index is 1390. The fourth-order valence-corrected chi connectivity index (χ4v) is 5.36. The SMILES string of the molecule is O=C(CCCCCCCCCC[n+]1ccccc1)OCc1ccc2ccc3cccc4ccc1c2c34. The summed E-state index contributed by atoms with van der Waals surface area (Å²) in [6.45, 7) is 1.45. The van der Waals surface area contributed by atoms with Gasteiger partial charge in [0.15, 0.2) is 12.4 Å². The number of pyridine rings is 1. The van der Waals surface area contributed by atoms with Crippen molar-refractivity contribution in [3.05, 3.63) is 90.8 Å². The Labute approximate surface area is 214 Å². The molecule has 0 radical (unpaired) electrons. The third kappa shape index (κ3) is 5.84. The molecule has 4 aromatic carbocycles. The number of benzene rings is 4. The standard InChI is InChI=1S/C33H36NO2/c35-31(15-8-5-3-1-2-4-6-9-22-34-23-10-7-11-24-34)36-25-29-19-18-28-17-16-26-13-12-14-27-20-21-30(29)33(28)32(26)27/h7,10-14,16-21,23-24H,1-6,8-9,15,22,25H2/q+1. The lowest BCUT2D eigenvalue weighted by Gasteiger charge is -2.14. The largest absolute Gasteiger partial charge is 0.461 e. The Kier molecular flexibility index (Phi) is 8.07. The van der Waals surface area contributed by atoms with Gasteiger partial charge in [0, 0.05) is 25.0 Å². The smallest absolute Gasteiger partial charge is 0.306 e. The highest BCUT2D eigenvalue weighted by Gasteiger charge is 2.12. The third-order valence-electron chi connectivity index (χ3n) is 7.33. The van der Waals surface area contributed by atoms with Crippen molar-refractivity contribution in [2.75, 3.05) is 0 Å². The summed E-state index contributed by atoms with van der Waals surface area (Å²) in [4.78, 5) is 12.4. The zero-order chi connectivity index (χ0) is 24.6. The molecule has 0 atom stereocenters. The average molecular weight is 479 g/mol. The van der Waals surface area contributed by atoms with Crippen LogP contribution in [0.2, 0.25) is 0 Å². The molecule has 0 aliphatic heterocycles. The van der Waals surface area contributed by atoms with Gasteiger partial charge in [-0.25, -0.2) is 4.57 Å². The van der Waals surface area contributed by atoms with Crippen molar-refractivity contribution in [2.24, 2.45) is 0 Å². The molecular formula is C33H36NO2+. The second kappa shape index (κ2) is 12.0. The Balaban J connectivity index is 1.01. The van der Waals surface area contributed by atoms with Gasteiger partial charge >= 0.3 is 5.97 Å². The maximum Gasteiger partial charge on any atom is 0.306 e. The summed E-state index contributed by atoms with van der Waals surface area (Å²) >= 11 is 0. The Hall–Kier alpha value is -3.46. The maximum absolute atomic E-state index is 12.4. The van der Waals surface area contributed by atoms with Crippen LogP contribution in [-0.2, 0) is 22.7 Å². The lowest BCUT2D eigenvalue weighted by molar-refractivity contribution is -0.697. The molecule has 0 saturated carbocycles. The molecule has 0 aliphatic rings. The number of unbranched alkanes of at least 4 members (excludes halogenated alkanes) is 7. The number of ether oxygens (including phenoxy) is 1. The monoisotopic (exact) mass is 478 g/mol. The van der Waals surface area contributed by atoms with Crippen LogP contribution >= 0.6 is 0 Å². The summed E-state index contributed by atoms with van der Waals surface area (Å²) < 4.78 is 7.94. The number of nitrogens with zero attached hydrogens (tertiary/aromatic N) is 1. The molecule has 3 heteroatoms. The minimum Gasteiger partial charge on any atom is -0.461 e. The van der Waals surface area contributed by atoms with E-state index < -0.39 is 0 Å². The molecule has 5 rings (SSSR count). The summed E-state index contributed by atoms with van der Waals surface area (Å²) in [6.07, 6.45) is 14.4. The molecule has 0 amide bonds. The minimum absolute atomic E-state index is 0.0842. The number of hydrogen-bond acceptors (Lipinski definition) is 2. The van der Waals surface area contributed by atoms with Crippen molar-refractivity contribution < 1.29 is 14.1 Å². The van der Waals surface area contributed by atoms with Crippen LogP contribution in [-0.4, -0.2) is 5.97 Å². The summed E-state index contributed by atoms with van der Waals surface area (Å²) in [5.74, 6) is -0.0842. The van der Waals surface area contributed by atoms with Crippen molar-refractivity contribution in [3.8, 4) is 0 Å². The van der Waals surface area contributed by atoms with Gasteiger partial charge in [-0.05, 0) is 50.7 Å². The molecule has 0 spiro atoms. The van der Waals surface area contributed by atoms with Crippen molar-refractivity contribution in [1.29, 1.82) is 0 Å². The molecule has 0 bridgehead atoms. The fraction of sp³-hybridized carbons (Fsp3) is 0.333. The number of carbonyl (C=O) groups excluding carboxylic acids is 1. The number of carbonyl (C=O) groups is 1. The molecule has 1 aromatic heterocycles. The molecule has 5 aromatic rings. The zero-order valence-electron chi connectivity index (χ0n) is 21.1. The van der Waals surface area contributed by atoms with E-state index in [-0.39, 0.29) is 5.97 Å². The van der Waals surface area contributed by atoms with Gasteiger partial charge in [0.1, 0.15) is 13.2 Å². The van der Waals surface area contributed by atoms with E-state index in [1.165, 1.54) is 70.8 Å². The molecule has 0 N–H and O–H groups in total. The first-order valence-electron chi connectivity index (χ1n) is 13.5. The molecule has 0 unspecified atom stereocenters. The number of rotatable bonds is 13. The molecule has 3 nitrogen and oxygen atoms in total. The predicted octanol–water partition coefficient (Wildman–Crippen LogP) is 8.13. The van der Waals surface area contributed by atoms with Crippen LogP contribution in [0.4, 0.5) is 0 Å². The van der Waals surface area contributed by atoms with Crippen molar-refractivity contribution >= 4 is 38.3 Å². The topological polar surface area (TPSA) is 30.2 Å². The molecule has 0 aliphatic carbocycles. The lowest BCUT2D eigenvalue weighted by atomic mass is 9.92. The van der Waals surface area contributed by atoms with Gasteiger partial charge in [-0.1, -0.05) is 92.8 Å². The van der Waals surface area contributed by atoms with Crippen LogP contribution in [0.1, 0.15) is 63.4 Å². The van der Waals surface area contributed by atoms with E-state index in [0.717, 1.165) is 24.9 Å². The van der Waals surface area contributed by atoms with Crippen molar-refractivity contribution in [1.82, 2.24) is 0 Å². The summed E-state index contributed by atoms with van der Waals surface area (Å²) in [5.41, 5.74) is 1.08. The highest BCUT2D eigenvalue weighted by Crippen LogP contribution is 2.36. The lowest BCUT2D eigenvalue weighted by Crippen LogP contribution is -2.32. The van der Waals surface area contributed by atoms with E-state index in [2.05, 4.69) is 89.8 Å². The van der Waals surface area contributed by atoms with Crippen LogP contribution in [0.3, 0.4) is 0 Å². The third-order valence-corrected chi connectivity index (χ3v) is 7.33. The van der Waals surface area contributed by atoms with Crippen LogP contribution < -0.4 is 4.57 Å². The summed E-state index contributed by atoms with van der Waals surface area (Å²) in [6, 6.07) is 25.7. The highest BCUT2D eigenvalue weighted by atomic mass is 16.5. The van der Waals surface area contributed by atoms with E-state index in [1.54, 1.807) is 0 Å². The number of aryl methyl sites for hydroxylation is 1. The van der Waals surface area contributed by atoms with E-state index in [4.69, 9.17) is 4.74 Å². The molecule has 0 saturated heterocycles. The quantitative estimate of drug-likeness (QED) is 0.0740. The first-order chi connectivity index (χ1) is 17.8. The first-order valence-corrected chi connectivity index (χ1v) is 13.5. The van der Waals surface area contributed by atoms with Crippen LogP contribution in [0.25, 0.3) is 32.3 Å². The van der Waals surface area contributed by atoms with Gasteiger partial charge in [0.05, 0.1) is 0 Å². The number of esters is 1. The van der Waals surface area contributed by atoms with E-state index in [1.807, 2.05) is 0 Å². The zero-order valence-corrected chi connectivity index (χ0v) is 21.1. The van der Waals surface area contributed by atoms with Gasteiger partial charge in [-0.2, -0.15) is 0 Å². The fourth-order valence-electron chi connectivity index (χ4n) is 5.36. The second-order valence-corrected chi connectivity index (χ2v) is 9.93.